The lowest BCUT2D eigenvalue weighted by Gasteiger charge is -2.59. The van der Waals surface area contributed by atoms with Gasteiger partial charge in [-0.2, -0.15) is 0 Å². The largest absolute Gasteiger partial charge is 0.481 e. The predicted octanol–water partition coefficient (Wildman–Crippen LogP) is 7.77. The first-order valence-corrected chi connectivity index (χ1v) is 13.8. The molecule has 1 N–H and O–H groups in total. The van der Waals surface area contributed by atoms with E-state index in [9.17, 15) is 14.7 Å². The van der Waals surface area contributed by atoms with Crippen LogP contribution in [0.25, 0.3) is 0 Å². The van der Waals surface area contributed by atoms with Crippen molar-refractivity contribution in [3.63, 3.8) is 0 Å². The number of ketones is 1. The van der Waals surface area contributed by atoms with Gasteiger partial charge in [-0.1, -0.05) is 67.2 Å². The van der Waals surface area contributed by atoms with E-state index in [1.54, 1.807) is 0 Å². The van der Waals surface area contributed by atoms with Crippen molar-refractivity contribution in [1.82, 2.24) is 0 Å². The average Bonchev–Trinajstić information content (AvgIpc) is 3.07. The van der Waals surface area contributed by atoms with E-state index in [-0.39, 0.29) is 6.42 Å². The predicted molar refractivity (Wildman–Crippen MR) is 131 cm³/mol. The normalized spacial score (nSPS) is 40.2. The molecule has 0 saturated heterocycles. The summed E-state index contributed by atoms with van der Waals surface area (Å²) in [5.41, 5.74) is -0.0336. The van der Waals surface area contributed by atoms with Gasteiger partial charge in [0.2, 0.25) is 0 Å². The number of hydrogen-bond acceptors (Lipinski definition) is 2. The molecule has 0 aromatic carbocycles. The van der Waals surface area contributed by atoms with Crippen LogP contribution in [0, 0.1) is 52.3 Å². The fraction of sp³-hybridized carbons (Fsp3) is 0.931. The molecule has 184 valence electrons. The molecule has 3 aliphatic carbocycles. The van der Waals surface area contributed by atoms with Crippen molar-refractivity contribution < 1.29 is 14.7 Å². The highest BCUT2D eigenvalue weighted by atomic mass is 16.4. The third kappa shape index (κ3) is 4.83. The van der Waals surface area contributed by atoms with Crippen LogP contribution < -0.4 is 0 Å². The summed E-state index contributed by atoms with van der Waals surface area (Å²) in [5.74, 6) is 4.21. The topological polar surface area (TPSA) is 54.4 Å². The maximum absolute atomic E-state index is 13.4. The molecule has 3 heteroatoms. The van der Waals surface area contributed by atoms with E-state index in [0.717, 1.165) is 37.0 Å². The van der Waals surface area contributed by atoms with Gasteiger partial charge in [0.15, 0.2) is 0 Å². The molecule has 32 heavy (non-hydrogen) atoms. The van der Waals surface area contributed by atoms with Crippen molar-refractivity contribution in [2.75, 3.05) is 0 Å². The van der Waals surface area contributed by atoms with Crippen LogP contribution in [0.4, 0.5) is 0 Å². The van der Waals surface area contributed by atoms with Crippen molar-refractivity contribution in [3.05, 3.63) is 0 Å². The molecule has 0 aliphatic heterocycles. The minimum atomic E-state index is -0.761. The lowest BCUT2D eigenvalue weighted by Crippen LogP contribution is -2.55. The smallest absolute Gasteiger partial charge is 0.303 e. The number of carboxylic acids is 1. The van der Waals surface area contributed by atoms with E-state index in [2.05, 4.69) is 41.5 Å². The molecule has 0 bridgehead atoms. The van der Waals surface area contributed by atoms with Crippen LogP contribution in [0.5, 0.6) is 0 Å². The Bertz CT molecular complexity index is 669. The highest BCUT2D eigenvalue weighted by Crippen LogP contribution is 2.67. The zero-order valence-corrected chi connectivity index (χ0v) is 21.8. The summed E-state index contributed by atoms with van der Waals surface area (Å²) in [4.78, 5) is 24.8. The van der Waals surface area contributed by atoms with Crippen LogP contribution in [-0.2, 0) is 9.59 Å². The standard InChI is InChI=1S/C29H50O3/c1-7-9-21-18-25(30)29(6,17-15-26(31)32)24-14-16-28(5)22(12-13-23(28)27(21)24)20(4)11-8-10-19(2)3/h19-24,27H,7-18H2,1-6H3,(H,31,32)/t20?,21?,22?,23?,24?,27?,28?,29-/m1/s1. The average molecular weight is 447 g/mol. The fourth-order valence-electron chi connectivity index (χ4n) is 8.79. The van der Waals surface area contributed by atoms with Gasteiger partial charge in [0.05, 0.1) is 0 Å². The molecule has 0 aromatic rings. The Morgan fingerprint density at radius 2 is 1.81 bits per heavy atom. The van der Waals surface area contributed by atoms with Crippen LogP contribution in [0.1, 0.15) is 119 Å². The number of hydrogen-bond donors (Lipinski definition) is 1. The van der Waals surface area contributed by atoms with Crippen LogP contribution >= 0.6 is 0 Å². The van der Waals surface area contributed by atoms with E-state index >= 15 is 0 Å². The zero-order valence-electron chi connectivity index (χ0n) is 21.8. The maximum atomic E-state index is 13.4. The van der Waals surface area contributed by atoms with E-state index in [0.29, 0.717) is 47.7 Å². The second kappa shape index (κ2) is 10.2. The summed E-state index contributed by atoms with van der Waals surface area (Å²) in [6.07, 6.45) is 12.7. The quantitative estimate of drug-likeness (QED) is 0.373. The number of carbonyl (C=O) groups is 2. The number of carbonyl (C=O) groups excluding carboxylic acids is 1. The number of aliphatic carboxylic acids is 1. The Hall–Kier alpha value is -0.860. The molecule has 0 radical (unpaired) electrons. The molecule has 0 spiro atoms. The molecule has 0 amide bonds. The first kappa shape index (κ1) is 25.8. The molecular weight excluding hydrogens is 396 g/mol. The highest BCUT2D eigenvalue weighted by Gasteiger charge is 2.62. The van der Waals surface area contributed by atoms with Crippen LogP contribution in [0.3, 0.4) is 0 Å². The number of carboxylic acid groups (broad SMARTS) is 1. The Kier molecular flexibility index (Phi) is 8.19. The minimum Gasteiger partial charge on any atom is -0.481 e. The van der Waals surface area contributed by atoms with Crippen molar-refractivity contribution in [3.8, 4) is 0 Å². The van der Waals surface area contributed by atoms with Crippen LogP contribution in [0.2, 0.25) is 0 Å². The van der Waals surface area contributed by atoms with Crippen LogP contribution in [0.15, 0.2) is 0 Å². The van der Waals surface area contributed by atoms with E-state index in [1.807, 2.05) is 0 Å². The molecule has 7 unspecified atom stereocenters. The summed E-state index contributed by atoms with van der Waals surface area (Å²) in [6, 6.07) is 0. The van der Waals surface area contributed by atoms with Gasteiger partial charge in [0.1, 0.15) is 5.78 Å². The van der Waals surface area contributed by atoms with E-state index in [1.165, 1.54) is 38.5 Å². The third-order valence-electron chi connectivity index (χ3n) is 10.5. The molecular formula is C29H50O3. The van der Waals surface area contributed by atoms with Crippen molar-refractivity contribution in [2.24, 2.45) is 52.3 Å². The van der Waals surface area contributed by atoms with Crippen LogP contribution in [-0.4, -0.2) is 16.9 Å². The summed E-state index contributed by atoms with van der Waals surface area (Å²) in [6.45, 7) is 14.2. The molecule has 0 aromatic heterocycles. The lowest BCUT2D eigenvalue weighted by molar-refractivity contribution is -0.155. The Balaban J connectivity index is 1.83. The van der Waals surface area contributed by atoms with Gasteiger partial charge in [-0.15, -0.1) is 0 Å². The van der Waals surface area contributed by atoms with E-state index in [4.69, 9.17) is 0 Å². The zero-order chi connectivity index (χ0) is 23.7. The molecule has 3 fully saturated rings. The number of fused-ring (bicyclic) bond motifs is 3. The van der Waals surface area contributed by atoms with Gasteiger partial charge >= 0.3 is 5.97 Å². The Morgan fingerprint density at radius 1 is 1.09 bits per heavy atom. The van der Waals surface area contributed by atoms with Crippen molar-refractivity contribution in [1.29, 1.82) is 0 Å². The Labute approximate surface area is 197 Å². The number of rotatable bonds is 10. The molecule has 3 saturated carbocycles. The van der Waals surface area contributed by atoms with Gasteiger partial charge in [-0.3, -0.25) is 9.59 Å². The van der Waals surface area contributed by atoms with Gasteiger partial charge in [-0.05, 0) is 85.4 Å². The first-order valence-electron chi connectivity index (χ1n) is 13.8. The van der Waals surface area contributed by atoms with E-state index < -0.39 is 11.4 Å². The molecule has 8 atom stereocenters. The summed E-state index contributed by atoms with van der Waals surface area (Å²) in [5, 5.41) is 9.36. The summed E-state index contributed by atoms with van der Waals surface area (Å²) < 4.78 is 0. The second-order valence-corrected chi connectivity index (χ2v) is 12.8. The molecule has 3 rings (SSSR count). The van der Waals surface area contributed by atoms with Crippen molar-refractivity contribution in [2.45, 2.75) is 119 Å². The molecule has 3 aliphatic rings. The van der Waals surface area contributed by atoms with Gasteiger partial charge in [-0.25, -0.2) is 0 Å². The highest BCUT2D eigenvalue weighted by molar-refractivity contribution is 5.86. The minimum absolute atomic E-state index is 0.126. The fourth-order valence-corrected chi connectivity index (χ4v) is 8.79. The number of Topliss-reactive ketones (excluding diaryl/α,β-unsaturated/α-hetero) is 1. The monoisotopic (exact) mass is 446 g/mol. The summed E-state index contributed by atoms with van der Waals surface area (Å²) >= 11 is 0. The Morgan fingerprint density at radius 3 is 2.44 bits per heavy atom. The van der Waals surface area contributed by atoms with Gasteiger partial charge in [0.25, 0.3) is 0 Å². The molecule has 0 heterocycles. The second-order valence-electron chi connectivity index (χ2n) is 12.8. The van der Waals surface area contributed by atoms with Gasteiger partial charge in [0, 0.05) is 18.3 Å². The maximum Gasteiger partial charge on any atom is 0.303 e. The van der Waals surface area contributed by atoms with Crippen molar-refractivity contribution >= 4 is 11.8 Å². The SMILES string of the molecule is CCCC1CC(=O)[C@](C)(CCC(=O)O)C2CCC3(C)C(C(C)CCCC(C)C)CCC3C12. The third-order valence-corrected chi connectivity index (χ3v) is 10.5. The first-order chi connectivity index (χ1) is 15.0. The van der Waals surface area contributed by atoms with Gasteiger partial charge < -0.3 is 5.11 Å². The molecule has 3 nitrogen and oxygen atoms in total. The lowest BCUT2D eigenvalue weighted by atomic mass is 9.45. The summed E-state index contributed by atoms with van der Waals surface area (Å²) in [7, 11) is 0.